The van der Waals surface area contributed by atoms with Crippen molar-refractivity contribution in [2.45, 2.75) is 25.7 Å². The largest absolute Gasteiger partial charge is 0.493 e. The van der Waals surface area contributed by atoms with Gasteiger partial charge in [-0.2, -0.15) is 5.10 Å². The van der Waals surface area contributed by atoms with Crippen LogP contribution in [0.25, 0.3) is 10.9 Å². The zero-order valence-electron chi connectivity index (χ0n) is 18.8. The Morgan fingerprint density at radius 1 is 1.03 bits per heavy atom. The first kappa shape index (κ1) is 23.3. The van der Waals surface area contributed by atoms with Crippen LogP contribution < -0.4 is 20.2 Å². The molecule has 0 saturated heterocycles. The molecule has 0 fully saturated rings. The number of anilines is 1. The van der Waals surface area contributed by atoms with E-state index in [0.29, 0.717) is 41.3 Å². The number of hydrogen-bond acceptors (Lipinski definition) is 9. The molecule has 9 nitrogen and oxygen atoms in total. The van der Waals surface area contributed by atoms with Gasteiger partial charge in [-0.25, -0.2) is 18.4 Å². The fraction of sp³-hybridized carbons (Fsp3) is 0.318. The maximum Gasteiger partial charge on any atom is 0.229 e. The number of nitrogens with zero attached hydrogens (tertiary/aromatic N) is 4. The third kappa shape index (κ3) is 4.18. The maximum atomic E-state index is 13.3. The quantitative estimate of drug-likeness (QED) is 0.249. The van der Waals surface area contributed by atoms with Crippen LogP contribution in [0.5, 0.6) is 11.5 Å². The van der Waals surface area contributed by atoms with E-state index in [1.165, 1.54) is 19.2 Å². The summed E-state index contributed by atoms with van der Waals surface area (Å²) in [5.74, 6) is 7.01. The summed E-state index contributed by atoms with van der Waals surface area (Å²) in [6.45, 7) is 7.14. The van der Waals surface area contributed by atoms with Crippen molar-refractivity contribution in [3.8, 4) is 11.5 Å². The molecule has 0 spiro atoms. The number of benzene rings is 2. The second-order valence-electron chi connectivity index (χ2n) is 7.02. The average Bonchev–Trinajstić information content (AvgIpc) is 2.79. The Morgan fingerprint density at radius 2 is 1.62 bits per heavy atom. The molecule has 0 radical (unpaired) electrons. The molecule has 1 aromatic heterocycles. The van der Waals surface area contributed by atoms with E-state index in [1.807, 2.05) is 25.7 Å². The molecular formula is C22H27N5O4S. The topological polar surface area (TPSA) is 120 Å². The highest BCUT2D eigenvalue weighted by molar-refractivity contribution is 8.07. The lowest BCUT2D eigenvalue weighted by molar-refractivity contribution is 0.356. The number of fused-ring (bicyclic) bond motifs is 1. The number of hydrazone groups is 1. The standard InChI is InChI=1S/C22H27N5O4S/c1-6-27(7-2)21-16-12-18(30-4)19(31-5)13-17(16)24-20(25-21)22(26-23)32(28,29)15-10-8-14(3)9-11-15/h8-13H,6-7,23H2,1-5H3. The normalized spacial score (nSPS) is 12.1. The van der Waals surface area contributed by atoms with Gasteiger partial charge in [0.2, 0.25) is 14.9 Å². The van der Waals surface area contributed by atoms with Crippen LogP contribution in [0.15, 0.2) is 46.4 Å². The highest BCUT2D eigenvalue weighted by atomic mass is 32.2. The van der Waals surface area contributed by atoms with Gasteiger partial charge in [0.05, 0.1) is 24.6 Å². The molecule has 3 aromatic rings. The van der Waals surface area contributed by atoms with Crippen LogP contribution in [0.2, 0.25) is 0 Å². The smallest absolute Gasteiger partial charge is 0.229 e. The number of aromatic nitrogens is 2. The van der Waals surface area contributed by atoms with E-state index in [4.69, 9.17) is 15.3 Å². The van der Waals surface area contributed by atoms with E-state index < -0.39 is 14.9 Å². The molecule has 0 aliphatic heterocycles. The Kier molecular flexibility index (Phi) is 6.83. The van der Waals surface area contributed by atoms with Crippen molar-refractivity contribution in [3.05, 3.63) is 47.8 Å². The molecule has 0 atom stereocenters. The molecule has 170 valence electrons. The minimum absolute atomic E-state index is 0.0627. The Hall–Kier alpha value is -3.40. The molecular weight excluding hydrogens is 430 g/mol. The van der Waals surface area contributed by atoms with Gasteiger partial charge in [0.25, 0.3) is 0 Å². The van der Waals surface area contributed by atoms with Crippen LogP contribution in [0, 0.1) is 6.92 Å². The Morgan fingerprint density at radius 3 is 2.16 bits per heavy atom. The summed E-state index contributed by atoms with van der Waals surface area (Å²) >= 11 is 0. The van der Waals surface area contributed by atoms with Crippen molar-refractivity contribution in [2.75, 3.05) is 32.2 Å². The summed E-state index contributed by atoms with van der Waals surface area (Å²) in [6.07, 6.45) is 0. The minimum atomic E-state index is -4.05. The maximum absolute atomic E-state index is 13.3. The van der Waals surface area contributed by atoms with Crippen molar-refractivity contribution in [1.82, 2.24) is 9.97 Å². The predicted molar refractivity (Wildman–Crippen MR) is 125 cm³/mol. The van der Waals surface area contributed by atoms with Gasteiger partial charge in [0.1, 0.15) is 5.82 Å². The third-order valence-corrected chi connectivity index (χ3v) is 6.83. The lowest BCUT2D eigenvalue weighted by atomic mass is 10.2. The molecule has 0 aliphatic carbocycles. The summed E-state index contributed by atoms with van der Waals surface area (Å²) in [6, 6.07) is 9.89. The Balaban J connectivity index is 2.30. The fourth-order valence-electron chi connectivity index (χ4n) is 3.38. The van der Waals surface area contributed by atoms with E-state index in [1.54, 1.807) is 31.4 Å². The molecule has 3 rings (SSSR count). The first-order valence-corrected chi connectivity index (χ1v) is 11.6. The van der Waals surface area contributed by atoms with Gasteiger partial charge in [-0.3, -0.25) is 0 Å². The zero-order valence-corrected chi connectivity index (χ0v) is 19.6. The van der Waals surface area contributed by atoms with Crippen LogP contribution >= 0.6 is 0 Å². The predicted octanol–water partition coefficient (Wildman–Crippen LogP) is 2.90. The van der Waals surface area contributed by atoms with Crippen molar-refractivity contribution >= 4 is 31.6 Å². The highest BCUT2D eigenvalue weighted by Crippen LogP contribution is 2.35. The van der Waals surface area contributed by atoms with Crippen LogP contribution in [-0.2, 0) is 9.84 Å². The average molecular weight is 458 g/mol. The molecule has 2 aromatic carbocycles. The van der Waals surface area contributed by atoms with Crippen molar-refractivity contribution < 1.29 is 17.9 Å². The van der Waals surface area contributed by atoms with Crippen LogP contribution in [0.3, 0.4) is 0 Å². The molecule has 32 heavy (non-hydrogen) atoms. The van der Waals surface area contributed by atoms with Crippen molar-refractivity contribution in [2.24, 2.45) is 10.9 Å². The van der Waals surface area contributed by atoms with Gasteiger partial charge in [0.15, 0.2) is 17.3 Å². The van der Waals surface area contributed by atoms with E-state index in [-0.39, 0.29) is 10.7 Å². The molecule has 0 bridgehead atoms. The Labute approximate surface area is 187 Å². The lowest BCUT2D eigenvalue weighted by Crippen LogP contribution is -2.26. The van der Waals surface area contributed by atoms with Crippen LogP contribution in [-0.4, -0.2) is 50.7 Å². The molecule has 0 aliphatic rings. The van der Waals surface area contributed by atoms with Gasteiger partial charge in [0, 0.05) is 24.5 Å². The van der Waals surface area contributed by atoms with Crippen LogP contribution in [0.1, 0.15) is 25.2 Å². The first-order valence-electron chi connectivity index (χ1n) is 10.1. The molecule has 2 N–H and O–H groups in total. The van der Waals surface area contributed by atoms with E-state index in [0.717, 1.165) is 5.56 Å². The molecule has 0 amide bonds. The first-order chi connectivity index (χ1) is 15.3. The number of nitrogens with two attached hydrogens (primary N) is 1. The summed E-state index contributed by atoms with van der Waals surface area (Å²) in [5, 5.41) is 3.88. The van der Waals surface area contributed by atoms with Gasteiger partial charge in [-0.1, -0.05) is 17.7 Å². The summed E-state index contributed by atoms with van der Waals surface area (Å²) < 4.78 is 37.4. The number of hydrogen-bond donors (Lipinski definition) is 1. The van der Waals surface area contributed by atoms with Crippen molar-refractivity contribution in [1.29, 1.82) is 0 Å². The van der Waals surface area contributed by atoms with Gasteiger partial charge >= 0.3 is 0 Å². The second-order valence-corrected chi connectivity index (χ2v) is 8.88. The molecule has 1 heterocycles. The van der Waals surface area contributed by atoms with Crippen LogP contribution in [0.4, 0.5) is 5.82 Å². The highest BCUT2D eigenvalue weighted by Gasteiger charge is 2.29. The van der Waals surface area contributed by atoms with E-state index in [9.17, 15) is 8.42 Å². The Bertz CT molecular complexity index is 1250. The number of ether oxygens (including phenoxy) is 2. The van der Waals surface area contributed by atoms with Gasteiger partial charge < -0.3 is 20.2 Å². The fourth-order valence-corrected chi connectivity index (χ4v) is 4.56. The summed E-state index contributed by atoms with van der Waals surface area (Å²) in [5.41, 5.74) is 1.41. The number of sulfone groups is 1. The second kappa shape index (κ2) is 9.39. The SMILES string of the molecule is CCN(CC)c1nc(C(=NN)S(=O)(=O)c2ccc(C)cc2)nc2cc(OC)c(OC)cc12. The van der Waals surface area contributed by atoms with Gasteiger partial charge in [-0.05, 0) is 39.0 Å². The number of rotatable bonds is 7. The molecule has 0 unspecified atom stereocenters. The third-order valence-electron chi connectivity index (χ3n) is 5.14. The molecule has 10 heteroatoms. The number of aryl methyl sites for hydroxylation is 1. The molecule has 0 saturated carbocycles. The van der Waals surface area contributed by atoms with Crippen molar-refractivity contribution in [3.63, 3.8) is 0 Å². The number of methoxy groups -OCH3 is 2. The zero-order chi connectivity index (χ0) is 23.5. The van der Waals surface area contributed by atoms with Gasteiger partial charge in [-0.15, -0.1) is 0 Å². The van der Waals surface area contributed by atoms with E-state index in [2.05, 4.69) is 15.1 Å². The summed E-state index contributed by atoms with van der Waals surface area (Å²) in [7, 11) is -0.984. The minimum Gasteiger partial charge on any atom is -0.493 e. The summed E-state index contributed by atoms with van der Waals surface area (Å²) in [4.78, 5) is 11.1. The lowest BCUT2D eigenvalue weighted by Gasteiger charge is -2.23. The van der Waals surface area contributed by atoms with E-state index >= 15 is 0 Å². The monoisotopic (exact) mass is 457 g/mol.